The van der Waals surface area contributed by atoms with Gasteiger partial charge in [0, 0.05) is 5.41 Å². The van der Waals surface area contributed by atoms with Crippen LogP contribution < -0.4 is 0 Å². The van der Waals surface area contributed by atoms with Gasteiger partial charge in [0.1, 0.15) is 0 Å². The molecule has 19 heavy (non-hydrogen) atoms. The molecule has 1 heterocycles. The van der Waals surface area contributed by atoms with E-state index >= 15 is 0 Å². The van der Waals surface area contributed by atoms with Crippen LogP contribution in [0.1, 0.15) is 40.0 Å². The van der Waals surface area contributed by atoms with Gasteiger partial charge in [0.05, 0.1) is 23.7 Å². The van der Waals surface area contributed by atoms with E-state index in [1.54, 1.807) is 0 Å². The zero-order chi connectivity index (χ0) is 13.8. The van der Waals surface area contributed by atoms with E-state index in [4.69, 9.17) is 4.74 Å². The van der Waals surface area contributed by atoms with Gasteiger partial charge >= 0.3 is 0 Å². The van der Waals surface area contributed by atoms with Crippen molar-refractivity contribution in [3.05, 3.63) is 0 Å². The third kappa shape index (κ3) is 1.10. The summed E-state index contributed by atoms with van der Waals surface area (Å²) in [4.78, 5) is 0. The van der Waals surface area contributed by atoms with E-state index in [9.17, 15) is 15.3 Å². The van der Waals surface area contributed by atoms with E-state index in [1.165, 1.54) is 0 Å². The van der Waals surface area contributed by atoms with Crippen molar-refractivity contribution in [3.8, 4) is 0 Å². The summed E-state index contributed by atoms with van der Waals surface area (Å²) in [6, 6.07) is 0. The van der Waals surface area contributed by atoms with Crippen molar-refractivity contribution in [1.29, 1.82) is 0 Å². The molecule has 3 N–H and O–H groups in total. The Labute approximate surface area is 113 Å². The second-order valence-corrected chi connectivity index (χ2v) is 8.40. The first kappa shape index (κ1) is 12.6. The topological polar surface area (TPSA) is 69.9 Å². The summed E-state index contributed by atoms with van der Waals surface area (Å²) in [6.45, 7) is 6.66. The SMILES string of the molecule is CC1(C)C[C@H]2[C@H](O)[C@@]34CO[C@@H](O)[C@@]3(C4)[C@@](C)(O)[C@H]2C1. The molecular formula is C15H24O4. The van der Waals surface area contributed by atoms with Gasteiger partial charge in [-0.15, -0.1) is 0 Å². The zero-order valence-corrected chi connectivity index (χ0v) is 11.9. The molecule has 0 spiro atoms. The molecule has 3 saturated carbocycles. The monoisotopic (exact) mass is 268 g/mol. The second-order valence-electron chi connectivity index (χ2n) is 8.40. The molecule has 3 aliphatic carbocycles. The van der Waals surface area contributed by atoms with Gasteiger partial charge < -0.3 is 20.1 Å². The van der Waals surface area contributed by atoms with Crippen molar-refractivity contribution in [2.75, 3.05) is 6.61 Å². The van der Waals surface area contributed by atoms with Crippen LogP contribution in [0.25, 0.3) is 0 Å². The van der Waals surface area contributed by atoms with Crippen molar-refractivity contribution in [1.82, 2.24) is 0 Å². The molecule has 7 atom stereocenters. The molecule has 1 aliphatic heterocycles. The molecule has 0 bridgehead atoms. The smallest absolute Gasteiger partial charge is 0.163 e. The van der Waals surface area contributed by atoms with Crippen molar-refractivity contribution in [2.45, 2.75) is 58.0 Å². The maximum absolute atomic E-state index is 11.2. The molecule has 4 heteroatoms. The molecule has 0 aromatic rings. The summed E-state index contributed by atoms with van der Waals surface area (Å²) in [6.07, 6.45) is 1.18. The third-order valence-corrected chi connectivity index (χ3v) is 6.95. The molecule has 108 valence electrons. The van der Waals surface area contributed by atoms with Crippen LogP contribution in [-0.4, -0.2) is 39.9 Å². The Morgan fingerprint density at radius 1 is 1.11 bits per heavy atom. The van der Waals surface area contributed by atoms with Gasteiger partial charge in [-0.1, -0.05) is 13.8 Å². The second kappa shape index (κ2) is 3.03. The number of fused-ring (bicyclic) bond motifs is 1. The largest absolute Gasteiger partial charge is 0.392 e. The molecule has 0 aromatic heterocycles. The highest BCUT2D eigenvalue weighted by molar-refractivity contribution is 5.34. The molecular weight excluding hydrogens is 244 g/mol. The van der Waals surface area contributed by atoms with Crippen LogP contribution in [0.15, 0.2) is 0 Å². The van der Waals surface area contributed by atoms with Gasteiger partial charge in [-0.2, -0.15) is 0 Å². The van der Waals surface area contributed by atoms with Crippen LogP contribution in [-0.2, 0) is 4.74 Å². The maximum atomic E-state index is 11.2. The molecule has 4 rings (SSSR count). The Kier molecular flexibility index (Phi) is 2.01. The van der Waals surface area contributed by atoms with Gasteiger partial charge in [-0.25, -0.2) is 0 Å². The summed E-state index contributed by atoms with van der Waals surface area (Å²) in [7, 11) is 0. The average Bonchev–Trinajstić information content (AvgIpc) is 2.80. The number of hydrogen-bond donors (Lipinski definition) is 3. The van der Waals surface area contributed by atoms with Crippen LogP contribution in [0.5, 0.6) is 0 Å². The Bertz CT molecular complexity index is 445. The molecule has 4 nitrogen and oxygen atoms in total. The number of ether oxygens (including phenoxy) is 1. The Morgan fingerprint density at radius 2 is 1.79 bits per heavy atom. The molecule has 0 radical (unpaired) electrons. The zero-order valence-electron chi connectivity index (χ0n) is 11.9. The number of hydrogen-bond acceptors (Lipinski definition) is 4. The van der Waals surface area contributed by atoms with Crippen LogP contribution in [0.2, 0.25) is 0 Å². The summed E-state index contributed by atoms with van der Waals surface area (Å²) in [5.74, 6) is 0.194. The lowest BCUT2D eigenvalue weighted by molar-refractivity contribution is -0.204. The molecule has 0 aromatic carbocycles. The summed E-state index contributed by atoms with van der Waals surface area (Å²) >= 11 is 0. The molecule has 1 saturated heterocycles. The van der Waals surface area contributed by atoms with E-state index in [1.807, 2.05) is 6.92 Å². The minimum absolute atomic E-state index is 0.0597. The van der Waals surface area contributed by atoms with Crippen LogP contribution >= 0.6 is 0 Å². The summed E-state index contributed by atoms with van der Waals surface area (Å²) in [5, 5.41) is 32.2. The van der Waals surface area contributed by atoms with Gasteiger partial charge in [0.2, 0.25) is 0 Å². The lowest BCUT2D eigenvalue weighted by Gasteiger charge is -2.49. The van der Waals surface area contributed by atoms with Crippen molar-refractivity contribution in [3.63, 3.8) is 0 Å². The Hall–Kier alpha value is -0.160. The lowest BCUT2D eigenvalue weighted by atomic mass is 9.60. The van der Waals surface area contributed by atoms with E-state index in [0.717, 1.165) is 12.8 Å². The first-order valence-corrected chi connectivity index (χ1v) is 7.38. The van der Waals surface area contributed by atoms with Gasteiger partial charge in [-0.05, 0) is 43.4 Å². The molecule has 0 unspecified atom stereocenters. The summed E-state index contributed by atoms with van der Waals surface area (Å²) in [5.41, 5.74) is -1.83. The quantitative estimate of drug-likeness (QED) is 0.610. The van der Waals surface area contributed by atoms with Crippen molar-refractivity contribution >= 4 is 0 Å². The summed E-state index contributed by atoms with van der Waals surface area (Å²) < 4.78 is 5.40. The van der Waals surface area contributed by atoms with E-state index in [2.05, 4.69) is 13.8 Å². The lowest BCUT2D eigenvalue weighted by Crippen LogP contribution is -2.59. The van der Waals surface area contributed by atoms with Gasteiger partial charge in [0.15, 0.2) is 6.29 Å². The molecule has 4 fully saturated rings. The van der Waals surface area contributed by atoms with E-state index in [0.29, 0.717) is 13.0 Å². The highest BCUT2D eigenvalue weighted by Crippen LogP contribution is 2.82. The average molecular weight is 268 g/mol. The number of aliphatic hydroxyl groups excluding tert-OH is 2. The first-order chi connectivity index (χ1) is 8.68. The Morgan fingerprint density at radius 3 is 2.47 bits per heavy atom. The van der Waals surface area contributed by atoms with Crippen molar-refractivity contribution in [2.24, 2.45) is 28.1 Å². The highest BCUT2D eigenvalue weighted by Gasteiger charge is 2.88. The predicted molar refractivity (Wildman–Crippen MR) is 68.1 cm³/mol. The third-order valence-electron chi connectivity index (χ3n) is 6.95. The van der Waals surface area contributed by atoms with Crippen LogP contribution in [0.3, 0.4) is 0 Å². The van der Waals surface area contributed by atoms with Gasteiger partial charge in [-0.3, -0.25) is 0 Å². The van der Waals surface area contributed by atoms with Gasteiger partial charge in [0.25, 0.3) is 0 Å². The fourth-order valence-corrected chi connectivity index (χ4v) is 6.02. The molecule has 4 aliphatic rings. The number of aliphatic hydroxyl groups is 3. The normalized spacial score (nSPS) is 65.4. The fourth-order valence-electron chi connectivity index (χ4n) is 6.02. The highest BCUT2D eigenvalue weighted by atomic mass is 16.6. The fraction of sp³-hybridized carbons (Fsp3) is 1.00. The minimum Gasteiger partial charge on any atom is -0.392 e. The van der Waals surface area contributed by atoms with Crippen LogP contribution in [0.4, 0.5) is 0 Å². The maximum Gasteiger partial charge on any atom is 0.163 e. The van der Waals surface area contributed by atoms with Crippen LogP contribution in [0, 0.1) is 28.1 Å². The predicted octanol–water partition coefficient (Wildman–Crippen LogP) is 0.889. The Balaban J connectivity index is 1.83. The van der Waals surface area contributed by atoms with Crippen molar-refractivity contribution < 1.29 is 20.1 Å². The molecule has 0 amide bonds. The van der Waals surface area contributed by atoms with E-state index in [-0.39, 0.29) is 17.3 Å². The number of rotatable bonds is 0. The standard InChI is InChI=1S/C15H24O4/c1-12(2)4-8-9(5-12)13(3,18)15-6-14(15,10(8)16)7-19-11(15)17/h8-11,16-18H,4-7H2,1-3H3/t8-,9+,10+,11-,13+,14-,15+/m1/s1. The first-order valence-electron chi connectivity index (χ1n) is 7.38. The van der Waals surface area contributed by atoms with E-state index < -0.39 is 28.8 Å². The minimum atomic E-state index is -0.944.